The summed E-state index contributed by atoms with van der Waals surface area (Å²) in [5.74, 6) is 1.50. The third-order valence-corrected chi connectivity index (χ3v) is 5.40. The number of nitrogens with one attached hydrogen (secondary N) is 3. The van der Waals surface area contributed by atoms with Crippen molar-refractivity contribution in [2.24, 2.45) is 5.41 Å². The lowest BCUT2D eigenvalue weighted by atomic mass is 9.85. The molecule has 3 N–H and O–H groups in total. The number of hydrogen-bond acceptors (Lipinski definition) is 6. The number of nitrogens with zero attached hydrogens (tertiary/aromatic N) is 3. The molecule has 0 bridgehead atoms. The second kappa shape index (κ2) is 8.76. The minimum absolute atomic E-state index is 0.173. The molecule has 2 aliphatic carbocycles. The van der Waals surface area contributed by atoms with E-state index in [4.69, 9.17) is 0 Å². The quantitative estimate of drug-likeness (QED) is 0.519. The Morgan fingerprint density at radius 2 is 1.42 bits per heavy atom. The summed E-state index contributed by atoms with van der Waals surface area (Å²) in [4.78, 5) is 13.8. The Balaban J connectivity index is 1.60. The van der Waals surface area contributed by atoms with Gasteiger partial charge in [-0.05, 0) is 62.3 Å². The molecule has 0 spiro atoms. The molecule has 6 nitrogen and oxygen atoms in total. The van der Waals surface area contributed by atoms with E-state index in [1.165, 1.54) is 11.1 Å². The lowest BCUT2D eigenvalue weighted by Gasteiger charge is -2.23. The second-order valence-electron chi connectivity index (χ2n) is 8.82. The van der Waals surface area contributed by atoms with Gasteiger partial charge in [0.05, 0.1) is 0 Å². The molecule has 0 saturated heterocycles. The highest BCUT2D eigenvalue weighted by Crippen LogP contribution is 2.29. The highest BCUT2D eigenvalue weighted by Gasteiger charge is 2.17. The first kappa shape index (κ1) is 20.8. The summed E-state index contributed by atoms with van der Waals surface area (Å²) in [7, 11) is 0. The van der Waals surface area contributed by atoms with Crippen LogP contribution < -0.4 is 16.0 Å². The van der Waals surface area contributed by atoms with Crippen LogP contribution in [0.2, 0.25) is 0 Å². The third-order valence-electron chi connectivity index (χ3n) is 5.40. The molecule has 4 rings (SSSR count). The van der Waals surface area contributed by atoms with E-state index in [1.807, 2.05) is 12.1 Å². The van der Waals surface area contributed by atoms with Crippen LogP contribution in [0.3, 0.4) is 0 Å². The molecule has 31 heavy (non-hydrogen) atoms. The van der Waals surface area contributed by atoms with Gasteiger partial charge in [0.1, 0.15) is 0 Å². The lowest BCUT2D eigenvalue weighted by molar-refractivity contribution is 0.482. The van der Waals surface area contributed by atoms with E-state index >= 15 is 0 Å². The lowest BCUT2D eigenvalue weighted by Crippen LogP contribution is -2.14. The largest absolute Gasteiger partial charge is 0.324 e. The molecule has 2 aliphatic rings. The zero-order valence-corrected chi connectivity index (χ0v) is 18.7. The maximum absolute atomic E-state index is 4.62. The van der Waals surface area contributed by atoms with Gasteiger partial charge in [-0.1, -0.05) is 55.8 Å². The van der Waals surface area contributed by atoms with Gasteiger partial charge < -0.3 is 16.0 Å². The van der Waals surface area contributed by atoms with Crippen LogP contribution >= 0.6 is 0 Å². The van der Waals surface area contributed by atoms with Crippen molar-refractivity contribution in [2.45, 2.75) is 47.0 Å². The Morgan fingerprint density at radius 1 is 0.774 bits per heavy atom. The first-order valence-corrected chi connectivity index (χ1v) is 10.8. The van der Waals surface area contributed by atoms with E-state index in [-0.39, 0.29) is 5.41 Å². The van der Waals surface area contributed by atoms with Crippen LogP contribution in [0, 0.1) is 12.3 Å². The van der Waals surface area contributed by atoms with E-state index in [0.717, 1.165) is 36.3 Å². The summed E-state index contributed by atoms with van der Waals surface area (Å²) in [5, 5.41) is 10.0. The Kier molecular flexibility index (Phi) is 5.89. The van der Waals surface area contributed by atoms with E-state index in [0.29, 0.717) is 17.8 Å². The first-order valence-electron chi connectivity index (χ1n) is 10.8. The van der Waals surface area contributed by atoms with Crippen molar-refractivity contribution in [1.29, 1.82) is 0 Å². The molecule has 0 unspecified atom stereocenters. The molecule has 1 heterocycles. The predicted octanol–water partition coefficient (Wildman–Crippen LogP) is 6.24. The topological polar surface area (TPSA) is 74.8 Å². The molecule has 0 saturated carbocycles. The van der Waals surface area contributed by atoms with Crippen LogP contribution in [0.1, 0.15) is 45.6 Å². The van der Waals surface area contributed by atoms with Crippen molar-refractivity contribution in [3.63, 3.8) is 0 Å². The fraction of sp³-hybridized carbons (Fsp3) is 0.320. The zero-order valence-electron chi connectivity index (χ0n) is 18.7. The summed E-state index contributed by atoms with van der Waals surface area (Å²) >= 11 is 0. The van der Waals surface area contributed by atoms with Crippen LogP contribution in [0.4, 0.5) is 23.5 Å². The average molecular weight is 415 g/mol. The van der Waals surface area contributed by atoms with Crippen molar-refractivity contribution >= 4 is 23.5 Å². The van der Waals surface area contributed by atoms with Crippen LogP contribution in [0.25, 0.3) is 0 Å². The molecule has 0 fully saturated rings. The van der Waals surface area contributed by atoms with Gasteiger partial charge in [0, 0.05) is 17.1 Å². The Morgan fingerprint density at radius 3 is 2.06 bits per heavy atom. The zero-order chi connectivity index (χ0) is 21.8. The molecule has 0 atom stereocenters. The third kappa shape index (κ3) is 5.60. The summed E-state index contributed by atoms with van der Waals surface area (Å²) < 4.78 is 0. The smallest absolute Gasteiger partial charge is 0.233 e. The second-order valence-corrected chi connectivity index (χ2v) is 8.82. The Labute approximate surface area is 184 Å². The van der Waals surface area contributed by atoms with Crippen LogP contribution in [0.15, 0.2) is 71.6 Å². The number of anilines is 4. The number of aryl methyl sites for hydroxylation is 1. The Bertz CT molecular complexity index is 1070. The highest BCUT2D eigenvalue weighted by atomic mass is 15.3. The standard InChI is InChI=1S/C25H30N6/c1-17-9-11-19(12-10-17)26-22-29-23(27-20-13-15-25(3,4)16-14-20)31-24(30-22)28-21-8-6-5-7-18(21)2/h7-15H,5-6,16H2,1-4H3,(H3,26,27,28,29,30,31). The van der Waals surface area contributed by atoms with E-state index in [1.54, 1.807) is 0 Å². The maximum atomic E-state index is 4.62. The van der Waals surface area contributed by atoms with Gasteiger partial charge in [-0.15, -0.1) is 0 Å². The molecular formula is C25H30N6. The maximum Gasteiger partial charge on any atom is 0.233 e. The minimum atomic E-state index is 0.173. The molecular weight excluding hydrogens is 384 g/mol. The van der Waals surface area contributed by atoms with Gasteiger partial charge in [0.15, 0.2) is 0 Å². The van der Waals surface area contributed by atoms with Gasteiger partial charge in [-0.3, -0.25) is 0 Å². The van der Waals surface area contributed by atoms with Gasteiger partial charge in [-0.25, -0.2) is 0 Å². The normalized spacial score (nSPS) is 17.4. The van der Waals surface area contributed by atoms with E-state index in [2.05, 4.69) is 101 Å². The molecule has 0 radical (unpaired) electrons. The summed E-state index contributed by atoms with van der Waals surface area (Å²) in [5.41, 5.74) is 5.55. The van der Waals surface area contributed by atoms with Gasteiger partial charge in [0.2, 0.25) is 17.8 Å². The molecule has 1 aromatic carbocycles. The minimum Gasteiger partial charge on any atom is -0.324 e. The van der Waals surface area contributed by atoms with Gasteiger partial charge >= 0.3 is 0 Å². The molecule has 0 aliphatic heterocycles. The van der Waals surface area contributed by atoms with Crippen molar-refractivity contribution in [1.82, 2.24) is 15.0 Å². The van der Waals surface area contributed by atoms with Crippen molar-refractivity contribution in [3.8, 4) is 0 Å². The van der Waals surface area contributed by atoms with Gasteiger partial charge in [-0.2, -0.15) is 15.0 Å². The number of rotatable bonds is 6. The first-order chi connectivity index (χ1) is 14.9. The number of hydrogen-bond donors (Lipinski definition) is 3. The Hall–Kier alpha value is -3.41. The van der Waals surface area contributed by atoms with Crippen LogP contribution in [0.5, 0.6) is 0 Å². The SMILES string of the molecule is CC1=CCCC=C1Nc1nc(NC2=CCC(C)(C)C=C2)nc(Nc2ccc(C)cc2)n1. The molecule has 6 heteroatoms. The molecule has 160 valence electrons. The molecule has 0 amide bonds. The van der Waals surface area contributed by atoms with Crippen LogP contribution in [-0.2, 0) is 0 Å². The van der Waals surface area contributed by atoms with Crippen LogP contribution in [-0.4, -0.2) is 15.0 Å². The fourth-order valence-electron chi connectivity index (χ4n) is 3.42. The van der Waals surface area contributed by atoms with E-state index in [9.17, 15) is 0 Å². The van der Waals surface area contributed by atoms with Crippen molar-refractivity contribution in [2.75, 3.05) is 16.0 Å². The summed E-state index contributed by atoms with van der Waals surface area (Å²) in [6.07, 6.45) is 13.9. The average Bonchev–Trinajstić information content (AvgIpc) is 2.73. The summed E-state index contributed by atoms with van der Waals surface area (Å²) in [6, 6.07) is 8.15. The molecule has 1 aromatic heterocycles. The highest BCUT2D eigenvalue weighted by molar-refractivity contribution is 5.58. The monoisotopic (exact) mass is 414 g/mol. The summed E-state index contributed by atoms with van der Waals surface area (Å²) in [6.45, 7) is 8.61. The predicted molar refractivity (Wildman–Crippen MR) is 128 cm³/mol. The number of aromatic nitrogens is 3. The molecule has 2 aromatic rings. The van der Waals surface area contributed by atoms with Crippen molar-refractivity contribution in [3.05, 3.63) is 77.2 Å². The fourth-order valence-corrected chi connectivity index (χ4v) is 3.42. The number of allylic oxidation sites excluding steroid dienone is 6. The number of benzene rings is 1. The van der Waals surface area contributed by atoms with Gasteiger partial charge in [0.25, 0.3) is 0 Å². The van der Waals surface area contributed by atoms with E-state index < -0.39 is 0 Å². The van der Waals surface area contributed by atoms with Crippen molar-refractivity contribution < 1.29 is 0 Å².